The second-order valence-corrected chi connectivity index (χ2v) is 5.54. The van der Waals surface area contributed by atoms with Crippen LogP contribution in [0.5, 0.6) is 0 Å². The maximum absolute atomic E-state index is 12.9. The van der Waals surface area contributed by atoms with Crippen LogP contribution in [0.15, 0.2) is 48.5 Å². The highest BCUT2D eigenvalue weighted by Gasteiger charge is 2.37. The normalized spacial score (nSPS) is 12.2. The van der Waals surface area contributed by atoms with Crippen molar-refractivity contribution in [2.45, 2.75) is 12.4 Å². The summed E-state index contributed by atoms with van der Waals surface area (Å²) in [5.41, 5.74) is -3.44. The number of carbonyl (C=O) groups excluding carboxylic acids is 1. The number of carbonyl (C=O) groups is 2. The van der Waals surface area contributed by atoms with Gasteiger partial charge in [-0.25, -0.2) is 4.79 Å². The molecule has 2 aromatic rings. The first kappa shape index (κ1) is 21.0. The van der Waals surface area contributed by atoms with E-state index in [2.05, 4.69) is 5.32 Å². The van der Waals surface area contributed by atoms with Crippen LogP contribution in [0, 0.1) is 0 Å². The minimum Gasteiger partial charge on any atom is -0.478 e. The molecule has 0 radical (unpaired) electrons. The molecule has 0 heterocycles. The van der Waals surface area contributed by atoms with Crippen molar-refractivity contribution in [1.29, 1.82) is 0 Å². The van der Waals surface area contributed by atoms with E-state index in [-0.39, 0.29) is 11.8 Å². The van der Waals surface area contributed by atoms with E-state index in [4.69, 9.17) is 5.11 Å². The Morgan fingerprint density at radius 3 is 1.79 bits per heavy atom. The first-order valence-corrected chi connectivity index (χ1v) is 7.48. The number of hydrogen-bond donors (Lipinski definition) is 2. The molecule has 0 atom stereocenters. The van der Waals surface area contributed by atoms with Crippen LogP contribution in [-0.4, -0.2) is 17.0 Å². The predicted octanol–water partition coefficient (Wildman–Crippen LogP) is 5.07. The predicted molar refractivity (Wildman–Crippen MR) is 87.5 cm³/mol. The highest BCUT2D eigenvalue weighted by molar-refractivity contribution is 6.04. The Balaban J connectivity index is 2.29. The quantitative estimate of drug-likeness (QED) is 0.553. The topological polar surface area (TPSA) is 66.4 Å². The molecule has 148 valence electrons. The monoisotopic (exact) mass is 403 g/mol. The molecule has 4 nitrogen and oxygen atoms in total. The number of halogens is 6. The van der Waals surface area contributed by atoms with Gasteiger partial charge in [-0.05, 0) is 42.0 Å². The SMILES string of the molecule is O=C(O)/C=C/c1ccc(NC(=O)c2cc(C(F)(F)F)cc(C(F)(F)F)c2)cc1. The zero-order valence-corrected chi connectivity index (χ0v) is 13.7. The molecule has 0 saturated heterocycles. The van der Waals surface area contributed by atoms with Gasteiger partial charge in [0.05, 0.1) is 11.1 Å². The molecule has 0 aliphatic rings. The van der Waals surface area contributed by atoms with Crippen LogP contribution in [0.1, 0.15) is 27.0 Å². The fraction of sp³-hybridized carbons (Fsp3) is 0.111. The summed E-state index contributed by atoms with van der Waals surface area (Å²) in [4.78, 5) is 22.6. The number of amides is 1. The van der Waals surface area contributed by atoms with Crippen molar-refractivity contribution < 1.29 is 41.0 Å². The third-order valence-electron chi connectivity index (χ3n) is 3.44. The number of alkyl halides is 6. The third-order valence-corrected chi connectivity index (χ3v) is 3.44. The molecule has 0 fully saturated rings. The Hall–Kier alpha value is -3.30. The van der Waals surface area contributed by atoms with Crippen LogP contribution in [0.2, 0.25) is 0 Å². The number of hydrogen-bond acceptors (Lipinski definition) is 2. The lowest BCUT2D eigenvalue weighted by Gasteiger charge is -2.14. The fourth-order valence-corrected chi connectivity index (χ4v) is 2.13. The van der Waals surface area contributed by atoms with Gasteiger partial charge in [-0.2, -0.15) is 26.3 Å². The number of rotatable bonds is 4. The standard InChI is InChI=1S/C18H11F6NO3/c19-17(20,21)12-7-11(8-13(9-12)18(22,23)24)16(28)25-14-4-1-10(2-5-14)3-6-15(26)27/h1-9H,(H,25,28)(H,26,27)/b6-3+. The molecule has 0 aliphatic heterocycles. The van der Waals surface area contributed by atoms with Gasteiger partial charge < -0.3 is 10.4 Å². The van der Waals surface area contributed by atoms with Gasteiger partial charge in [0.1, 0.15) is 0 Å². The van der Waals surface area contributed by atoms with Crippen LogP contribution in [0.4, 0.5) is 32.0 Å². The van der Waals surface area contributed by atoms with Gasteiger partial charge in [0.25, 0.3) is 5.91 Å². The van der Waals surface area contributed by atoms with E-state index in [0.29, 0.717) is 17.7 Å². The van der Waals surface area contributed by atoms with Crippen molar-refractivity contribution in [2.75, 3.05) is 5.32 Å². The zero-order chi connectivity index (χ0) is 21.1. The number of carboxylic acids is 1. The summed E-state index contributed by atoms with van der Waals surface area (Å²) in [5.74, 6) is -2.34. The lowest BCUT2D eigenvalue weighted by atomic mass is 10.0. The van der Waals surface area contributed by atoms with Crippen molar-refractivity contribution in [3.05, 3.63) is 70.8 Å². The summed E-state index contributed by atoms with van der Waals surface area (Å²) in [5, 5.41) is 10.7. The smallest absolute Gasteiger partial charge is 0.416 e. The Labute approximate surface area is 154 Å². The van der Waals surface area contributed by atoms with Gasteiger partial charge in [0.15, 0.2) is 0 Å². The van der Waals surface area contributed by atoms with E-state index in [1.54, 1.807) is 0 Å². The van der Waals surface area contributed by atoms with E-state index in [0.717, 1.165) is 6.08 Å². The summed E-state index contributed by atoms with van der Waals surface area (Å²) in [6.07, 6.45) is -7.99. The van der Waals surface area contributed by atoms with Crippen LogP contribution >= 0.6 is 0 Å². The largest absolute Gasteiger partial charge is 0.478 e. The number of nitrogens with one attached hydrogen (secondary N) is 1. The highest BCUT2D eigenvalue weighted by atomic mass is 19.4. The molecule has 0 unspecified atom stereocenters. The molecule has 2 aromatic carbocycles. The van der Waals surface area contributed by atoms with E-state index >= 15 is 0 Å². The van der Waals surface area contributed by atoms with Crippen molar-refractivity contribution >= 4 is 23.6 Å². The maximum Gasteiger partial charge on any atom is 0.416 e. The first-order chi connectivity index (χ1) is 12.9. The van der Waals surface area contributed by atoms with Crippen molar-refractivity contribution in [3.8, 4) is 0 Å². The van der Waals surface area contributed by atoms with Gasteiger partial charge in [-0.3, -0.25) is 4.79 Å². The highest BCUT2D eigenvalue weighted by Crippen LogP contribution is 2.36. The van der Waals surface area contributed by atoms with Crippen molar-refractivity contribution in [1.82, 2.24) is 0 Å². The molecule has 0 aromatic heterocycles. The van der Waals surface area contributed by atoms with Gasteiger partial charge in [0.2, 0.25) is 0 Å². The number of anilines is 1. The third kappa shape index (κ3) is 5.60. The molecule has 28 heavy (non-hydrogen) atoms. The summed E-state index contributed by atoms with van der Waals surface area (Å²) in [6.45, 7) is 0. The molecular formula is C18H11F6NO3. The van der Waals surface area contributed by atoms with E-state index in [1.807, 2.05) is 0 Å². The first-order valence-electron chi connectivity index (χ1n) is 7.48. The molecule has 0 aliphatic carbocycles. The minimum absolute atomic E-state index is 0.0691. The van der Waals surface area contributed by atoms with E-state index in [9.17, 15) is 35.9 Å². The lowest BCUT2D eigenvalue weighted by Crippen LogP contribution is -2.17. The Morgan fingerprint density at radius 1 is 0.857 bits per heavy atom. The van der Waals surface area contributed by atoms with Gasteiger partial charge in [0, 0.05) is 17.3 Å². The zero-order valence-electron chi connectivity index (χ0n) is 13.7. The molecule has 0 bridgehead atoms. The van der Waals surface area contributed by atoms with Crippen molar-refractivity contribution in [2.24, 2.45) is 0 Å². The molecule has 0 spiro atoms. The van der Waals surface area contributed by atoms with E-state index < -0.39 is 40.9 Å². The van der Waals surface area contributed by atoms with Crippen LogP contribution in [-0.2, 0) is 17.1 Å². The summed E-state index contributed by atoms with van der Waals surface area (Å²) >= 11 is 0. The molecule has 1 amide bonds. The van der Waals surface area contributed by atoms with Crippen LogP contribution in [0.3, 0.4) is 0 Å². The Morgan fingerprint density at radius 2 is 1.36 bits per heavy atom. The van der Waals surface area contributed by atoms with E-state index in [1.165, 1.54) is 30.3 Å². The summed E-state index contributed by atoms with van der Waals surface area (Å²) in [6, 6.07) is 6.03. The second-order valence-electron chi connectivity index (χ2n) is 5.54. The number of carboxylic acid groups (broad SMARTS) is 1. The van der Waals surface area contributed by atoms with Crippen molar-refractivity contribution in [3.63, 3.8) is 0 Å². The molecule has 2 N–H and O–H groups in total. The molecular weight excluding hydrogens is 392 g/mol. The molecule has 0 saturated carbocycles. The maximum atomic E-state index is 12.9. The number of aliphatic carboxylic acids is 1. The average molecular weight is 403 g/mol. The average Bonchev–Trinajstić information content (AvgIpc) is 2.59. The fourth-order valence-electron chi connectivity index (χ4n) is 2.13. The Kier molecular flexibility index (Phi) is 5.81. The van der Waals surface area contributed by atoms with Gasteiger partial charge in [-0.15, -0.1) is 0 Å². The minimum atomic E-state index is -5.06. The molecule has 10 heteroatoms. The van der Waals surface area contributed by atoms with Gasteiger partial charge in [-0.1, -0.05) is 12.1 Å². The van der Waals surface area contributed by atoms with Crippen LogP contribution in [0.25, 0.3) is 6.08 Å². The summed E-state index contributed by atoms with van der Waals surface area (Å²) in [7, 11) is 0. The summed E-state index contributed by atoms with van der Waals surface area (Å²) < 4.78 is 77.1. The number of benzene rings is 2. The molecule has 2 rings (SSSR count). The Bertz CT molecular complexity index is 882. The second kappa shape index (κ2) is 7.75. The lowest BCUT2D eigenvalue weighted by molar-refractivity contribution is -0.143. The van der Waals surface area contributed by atoms with Crippen LogP contribution < -0.4 is 5.32 Å². The van der Waals surface area contributed by atoms with Gasteiger partial charge >= 0.3 is 18.3 Å².